The summed E-state index contributed by atoms with van der Waals surface area (Å²) in [5.41, 5.74) is 4.08. The van der Waals surface area contributed by atoms with Crippen molar-refractivity contribution in [2.24, 2.45) is 0 Å². The lowest BCUT2D eigenvalue weighted by Crippen LogP contribution is -2.30. The zero-order chi connectivity index (χ0) is 16.3. The molecular weight excluding hydrogens is 389 g/mol. The van der Waals surface area contributed by atoms with E-state index >= 15 is 0 Å². The van der Waals surface area contributed by atoms with E-state index in [-0.39, 0.29) is 5.91 Å². The van der Waals surface area contributed by atoms with E-state index in [1.54, 1.807) is 6.92 Å². The number of carbonyl (C=O) groups excluding carboxylic acids is 1. The molecule has 0 bridgehead atoms. The summed E-state index contributed by atoms with van der Waals surface area (Å²) in [7, 11) is 0. The van der Waals surface area contributed by atoms with Crippen LogP contribution in [0.2, 0.25) is 0 Å². The first-order valence-corrected chi connectivity index (χ1v) is 8.26. The Kier molecular flexibility index (Phi) is 5.45. The van der Waals surface area contributed by atoms with Gasteiger partial charge in [0.15, 0.2) is 6.10 Å². The van der Waals surface area contributed by atoms with Crippen LogP contribution in [-0.2, 0) is 4.79 Å². The van der Waals surface area contributed by atoms with E-state index in [1.807, 2.05) is 57.2 Å². The molecule has 0 unspecified atom stereocenters. The van der Waals surface area contributed by atoms with Crippen molar-refractivity contribution >= 4 is 34.2 Å². The number of halogens is 1. The first-order valence-electron chi connectivity index (χ1n) is 7.18. The Balaban J connectivity index is 2.07. The summed E-state index contributed by atoms with van der Waals surface area (Å²) < 4.78 is 6.96. The fourth-order valence-corrected chi connectivity index (χ4v) is 2.74. The Morgan fingerprint density at radius 3 is 2.55 bits per heavy atom. The van der Waals surface area contributed by atoms with Crippen LogP contribution in [0.15, 0.2) is 36.4 Å². The smallest absolute Gasteiger partial charge is 0.265 e. The predicted molar refractivity (Wildman–Crippen MR) is 98.5 cm³/mol. The minimum Gasteiger partial charge on any atom is -0.481 e. The van der Waals surface area contributed by atoms with Gasteiger partial charge in [0.25, 0.3) is 5.91 Å². The molecule has 0 saturated carbocycles. The number of amides is 1. The van der Waals surface area contributed by atoms with Gasteiger partial charge in [-0.3, -0.25) is 4.79 Å². The average Bonchev–Trinajstić information content (AvgIpc) is 2.46. The maximum Gasteiger partial charge on any atom is 0.265 e. The molecule has 1 atom stereocenters. The monoisotopic (exact) mass is 409 g/mol. The lowest BCUT2D eigenvalue weighted by Gasteiger charge is -2.18. The molecule has 2 rings (SSSR count). The van der Waals surface area contributed by atoms with Gasteiger partial charge in [0.1, 0.15) is 5.75 Å². The van der Waals surface area contributed by atoms with Gasteiger partial charge in [-0.15, -0.1) is 0 Å². The molecule has 0 aromatic heterocycles. The third-order valence-electron chi connectivity index (χ3n) is 3.67. The standard InChI is InChI=1S/C18H20INO2/c1-11-6-5-7-17(13(11)3)22-14(4)18(21)20-16-9-8-15(19)10-12(16)2/h5-10,14H,1-4H3,(H,20,21)/t14-/m1/s1. The maximum atomic E-state index is 12.3. The number of nitrogens with one attached hydrogen (secondary N) is 1. The van der Waals surface area contributed by atoms with Crippen LogP contribution in [0, 0.1) is 24.3 Å². The van der Waals surface area contributed by atoms with E-state index in [9.17, 15) is 4.79 Å². The molecule has 0 aliphatic rings. The molecule has 116 valence electrons. The van der Waals surface area contributed by atoms with E-state index < -0.39 is 6.10 Å². The molecule has 2 aromatic rings. The molecule has 0 aliphatic carbocycles. The van der Waals surface area contributed by atoms with E-state index in [0.29, 0.717) is 0 Å². The zero-order valence-corrected chi connectivity index (χ0v) is 15.4. The van der Waals surface area contributed by atoms with Gasteiger partial charge in [-0.2, -0.15) is 0 Å². The largest absolute Gasteiger partial charge is 0.481 e. The fourth-order valence-electron chi connectivity index (χ4n) is 2.10. The van der Waals surface area contributed by atoms with Gasteiger partial charge in [-0.1, -0.05) is 12.1 Å². The molecule has 1 N–H and O–H groups in total. The number of hydrogen-bond donors (Lipinski definition) is 1. The zero-order valence-electron chi connectivity index (χ0n) is 13.2. The second-order valence-corrected chi connectivity index (χ2v) is 6.65. The molecule has 0 fully saturated rings. The first-order chi connectivity index (χ1) is 10.4. The predicted octanol–water partition coefficient (Wildman–Crippen LogP) is 4.62. The van der Waals surface area contributed by atoms with Gasteiger partial charge < -0.3 is 10.1 Å². The number of aryl methyl sites for hydroxylation is 2. The average molecular weight is 409 g/mol. The molecule has 4 heteroatoms. The van der Waals surface area contributed by atoms with Gasteiger partial charge in [-0.25, -0.2) is 0 Å². The summed E-state index contributed by atoms with van der Waals surface area (Å²) in [4.78, 5) is 12.3. The molecule has 0 aliphatic heterocycles. The SMILES string of the molecule is Cc1cc(I)ccc1NC(=O)[C@@H](C)Oc1cccc(C)c1C. The lowest BCUT2D eigenvalue weighted by atomic mass is 10.1. The Morgan fingerprint density at radius 2 is 1.86 bits per heavy atom. The highest BCUT2D eigenvalue weighted by molar-refractivity contribution is 14.1. The number of anilines is 1. The van der Waals surface area contributed by atoms with Crippen molar-refractivity contribution in [2.45, 2.75) is 33.8 Å². The van der Waals surface area contributed by atoms with Crippen LogP contribution >= 0.6 is 22.6 Å². The summed E-state index contributed by atoms with van der Waals surface area (Å²) in [6.45, 7) is 7.77. The molecule has 0 spiro atoms. The summed E-state index contributed by atoms with van der Waals surface area (Å²) in [5.74, 6) is 0.604. The summed E-state index contributed by atoms with van der Waals surface area (Å²) in [6.07, 6.45) is -0.556. The van der Waals surface area contributed by atoms with Gasteiger partial charge in [0.05, 0.1) is 0 Å². The number of ether oxygens (including phenoxy) is 1. The van der Waals surface area contributed by atoms with Crippen molar-refractivity contribution in [1.29, 1.82) is 0 Å². The number of hydrogen-bond acceptors (Lipinski definition) is 2. The Morgan fingerprint density at radius 1 is 1.14 bits per heavy atom. The van der Waals surface area contributed by atoms with Crippen LogP contribution in [0.4, 0.5) is 5.69 Å². The topological polar surface area (TPSA) is 38.3 Å². The van der Waals surface area contributed by atoms with Crippen molar-refractivity contribution < 1.29 is 9.53 Å². The van der Waals surface area contributed by atoms with Gasteiger partial charge in [0, 0.05) is 9.26 Å². The fraction of sp³-hybridized carbons (Fsp3) is 0.278. The third-order valence-corrected chi connectivity index (χ3v) is 4.35. The van der Waals surface area contributed by atoms with Gasteiger partial charge in [0.2, 0.25) is 0 Å². The highest BCUT2D eigenvalue weighted by Gasteiger charge is 2.17. The van der Waals surface area contributed by atoms with Crippen LogP contribution in [0.1, 0.15) is 23.6 Å². The molecular formula is C18H20INO2. The second kappa shape index (κ2) is 7.13. The van der Waals surface area contributed by atoms with Gasteiger partial charge >= 0.3 is 0 Å². The molecule has 22 heavy (non-hydrogen) atoms. The Hall–Kier alpha value is -1.56. The summed E-state index contributed by atoms with van der Waals surface area (Å²) in [5, 5.41) is 2.92. The maximum absolute atomic E-state index is 12.3. The number of benzene rings is 2. The van der Waals surface area contributed by atoms with Crippen LogP contribution in [0.25, 0.3) is 0 Å². The minimum absolute atomic E-state index is 0.148. The summed E-state index contributed by atoms with van der Waals surface area (Å²) in [6, 6.07) is 11.8. The molecule has 0 saturated heterocycles. The molecule has 3 nitrogen and oxygen atoms in total. The Bertz CT molecular complexity index is 697. The number of rotatable bonds is 4. The lowest BCUT2D eigenvalue weighted by molar-refractivity contribution is -0.122. The first kappa shape index (κ1) is 16.8. The third kappa shape index (κ3) is 4.00. The molecule has 2 aromatic carbocycles. The molecule has 0 radical (unpaired) electrons. The van der Waals surface area contributed by atoms with E-state index in [2.05, 4.69) is 27.9 Å². The van der Waals surface area contributed by atoms with Crippen molar-refractivity contribution in [1.82, 2.24) is 0 Å². The molecule has 0 heterocycles. The van der Waals surface area contributed by atoms with Crippen molar-refractivity contribution in [3.8, 4) is 5.75 Å². The number of carbonyl (C=O) groups is 1. The van der Waals surface area contributed by atoms with Crippen LogP contribution in [0.5, 0.6) is 5.75 Å². The van der Waals surface area contributed by atoms with E-state index in [0.717, 1.165) is 31.7 Å². The van der Waals surface area contributed by atoms with Crippen LogP contribution in [-0.4, -0.2) is 12.0 Å². The highest BCUT2D eigenvalue weighted by Crippen LogP contribution is 2.23. The van der Waals surface area contributed by atoms with Crippen molar-refractivity contribution in [3.63, 3.8) is 0 Å². The normalized spacial score (nSPS) is 11.9. The quantitative estimate of drug-likeness (QED) is 0.749. The Labute approximate surface area is 145 Å². The van der Waals surface area contributed by atoms with Crippen LogP contribution < -0.4 is 10.1 Å². The van der Waals surface area contributed by atoms with Crippen LogP contribution in [0.3, 0.4) is 0 Å². The van der Waals surface area contributed by atoms with E-state index in [4.69, 9.17) is 4.74 Å². The second-order valence-electron chi connectivity index (χ2n) is 5.41. The summed E-state index contributed by atoms with van der Waals surface area (Å²) >= 11 is 2.25. The minimum atomic E-state index is -0.556. The van der Waals surface area contributed by atoms with E-state index in [1.165, 1.54) is 0 Å². The highest BCUT2D eigenvalue weighted by atomic mass is 127. The van der Waals surface area contributed by atoms with Crippen molar-refractivity contribution in [2.75, 3.05) is 5.32 Å². The molecule has 1 amide bonds. The van der Waals surface area contributed by atoms with Crippen molar-refractivity contribution in [3.05, 3.63) is 56.7 Å². The van der Waals surface area contributed by atoms with Gasteiger partial charge in [-0.05, 0) is 91.2 Å².